The van der Waals surface area contributed by atoms with Gasteiger partial charge in [-0.3, -0.25) is 0 Å². The smallest absolute Gasteiger partial charge is 0.137 e. The van der Waals surface area contributed by atoms with E-state index in [1.807, 2.05) is 0 Å². The molecule has 2 atom stereocenters. The molecule has 3 aliphatic rings. The van der Waals surface area contributed by atoms with Crippen molar-refractivity contribution in [2.24, 2.45) is 5.41 Å². The molecule has 4 rings (SSSR count). The van der Waals surface area contributed by atoms with E-state index < -0.39 is 0 Å². The average molecular weight is 354 g/mol. The number of likely N-dealkylation sites (tertiary alicyclic amines) is 1. The van der Waals surface area contributed by atoms with E-state index in [9.17, 15) is 0 Å². The number of rotatable bonds is 3. The summed E-state index contributed by atoms with van der Waals surface area (Å²) in [4.78, 5) is 2.69. The number of piperidine rings is 1. The molecule has 0 radical (unpaired) electrons. The number of halogens is 1. The fraction of sp³-hybridized carbons (Fsp3) is 0.889. The third kappa shape index (κ3) is 3.78. The third-order valence-electron chi connectivity index (χ3n) is 6.07. The van der Waals surface area contributed by atoms with Crippen LogP contribution >= 0.6 is 12.4 Å². The molecule has 2 saturated heterocycles. The second kappa shape index (κ2) is 7.71. The number of fused-ring (bicyclic) bond motifs is 1. The molecule has 0 amide bonds. The van der Waals surface area contributed by atoms with Crippen LogP contribution in [0.1, 0.15) is 63.0 Å². The van der Waals surface area contributed by atoms with Crippen molar-refractivity contribution in [3.8, 4) is 0 Å². The quantitative estimate of drug-likeness (QED) is 0.907. The first-order chi connectivity index (χ1) is 11.2. The molecular formula is C18H32ClN5. The van der Waals surface area contributed by atoms with E-state index in [1.54, 1.807) is 0 Å². The predicted octanol–water partition coefficient (Wildman–Crippen LogP) is 2.61. The molecule has 0 aliphatic carbocycles. The second-order valence-electron chi connectivity index (χ2n) is 8.25. The molecule has 2 fully saturated rings. The first-order valence-corrected chi connectivity index (χ1v) is 9.59. The molecule has 4 heterocycles. The molecule has 1 aromatic heterocycles. The molecule has 0 spiro atoms. The van der Waals surface area contributed by atoms with Crippen LogP contribution in [-0.2, 0) is 13.0 Å². The lowest BCUT2D eigenvalue weighted by atomic mass is 9.87. The van der Waals surface area contributed by atoms with Crippen LogP contribution in [0, 0.1) is 5.41 Å². The Hall–Kier alpha value is -0.650. The number of hydrogen-bond acceptors (Lipinski definition) is 4. The maximum atomic E-state index is 4.62. The number of nitrogens with one attached hydrogen (secondary N) is 1. The maximum Gasteiger partial charge on any atom is 0.137 e. The average Bonchev–Trinajstić information content (AvgIpc) is 3.08. The highest BCUT2D eigenvalue weighted by atomic mass is 35.5. The number of hydrogen-bond donors (Lipinski definition) is 1. The largest absolute Gasteiger partial charge is 0.316 e. The Morgan fingerprint density at radius 2 is 2.08 bits per heavy atom. The highest BCUT2D eigenvalue weighted by Gasteiger charge is 2.34. The normalized spacial score (nSPS) is 31.3. The topological polar surface area (TPSA) is 46.0 Å². The Bertz CT molecular complexity index is 538. The monoisotopic (exact) mass is 353 g/mol. The highest BCUT2D eigenvalue weighted by Crippen LogP contribution is 2.31. The summed E-state index contributed by atoms with van der Waals surface area (Å²) in [6, 6.07) is 0. The highest BCUT2D eigenvalue weighted by molar-refractivity contribution is 5.85. The molecule has 1 aromatic rings. The first kappa shape index (κ1) is 18.2. The zero-order chi connectivity index (χ0) is 15.7. The standard InChI is InChI=1S/C18H31N5.ClH/c1-18(8-9-19-13-18)14-22-10-5-6-15(12-22)17-21-20-16-7-3-2-4-11-23(16)17;/h15,19H,2-14H2,1H3;1H. The van der Waals surface area contributed by atoms with Crippen LogP contribution in [0.4, 0.5) is 0 Å². The van der Waals surface area contributed by atoms with Gasteiger partial charge in [0, 0.05) is 38.5 Å². The van der Waals surface area contributed by atoms with E-state index in [-0.39, 0.29) is 12.4 Å². The summed E-state index contributed by atoms with van der Waals surface area (Å²) in [6.45, 7) is 9.60. The maximum absolute atomic E-state index is 4.62. The number of aryl methyl sites for hydroxylation is 1. The van der Waals surface area contributed by atoms with E-state index in [1.165, 1.54) is 82.9 Å². The van der Waals surface area contributed by atoms with E-state index in [4.69, 9.17) is 0 Å². The fourth-order valence-electron chi connectivity index (χ4n) is 4.76. The van der Waals surface area contributed by atoms with E-state index in [2.05, 4.69) is 31.9 Å². The summed E-state index contributed by atoms with van der Waals surface area (Å²) in [5.74, 6) is 3.10. The van der Waals surface area contributed by atoms with Gasteiger partial charge in [0.15, 0.2) is 0 Å². The zero-order valence-electron chi connectivity index (χ0n) is 15.0. The van der Waals surface area contributed by atoms with E-state index >= 15 is 0 Å². The summed E-state index contributed by atoms with van der Waals surface area (Å²) < 4.78 is 2.46. The minimum atomic E-state index is 0. The van der Waals surface area contributed by atoms with Gasteiger partial charge in [-0.1, -0.05) is 13.3 Å². The summed E-state index contributed by atoms with van der Waals surface area (Å²) in [5.41, 5.74) is 0.462. The fourth-order valence-corrected chi connectivity index (χ4v) is 4.76. The summed E-state index contributed by atoms with van der Waals surface area (Å²) in [7, 11) is 0. The Balaban J connectivity index is 0.00000169. The van der Waals surface area contributed by atoms with Gasteiger partial charge in [-0.05, 0) is 50.6 Å². The van der Waals surface area contributed by atoms with Gasteiger partial charge in [0.2, 0.25) is 0 Å². The van der Waals surface area contributed by atoms with Gasteiger partial charge in [-0.2, -0.15) is 0 Å². The van der Waals surface area contributed by atoms with Crippen molar-refractivity contribution < 1.29 is 0 Å². The molecule has 0 aromatic carbocycles. The van der Waals surface area contributed by atoms with Gasteiger partial charge in [0.1, 0.15) is 11.6 Å². The number of aromatic nitrogens is 3. The van der Waals surface area contributed by atoms with Crippen LogP contribution in [0.2, 0.25) is 0 Å². The van der Waals surface area contributed by atoms with E-state index in [0.29, 0.717) is 11.3 Å². The van der Waals surface area contributed by atoms with Crippen molar-refractivity contribution in [3.63, 3.8) is 0 Å². The van der Waals surface area contributed by atoms with E-state index in [0.717, 1.165) is 13.0 Å². The summed E-state index contributed by atoms with van der Waals surface area (Å²) in [5, 5.41) is 12.7. The lowest BCUT2D eigenvalue weighted by molar-refractivity contribution is 0.138. The molecule has 5 nitrogen and oxygen atoms in total. The molecule has 136 valence electrons. The van der Waals surface area contributed by atoms with Gasteiger partial charge in [-0.15, -0.1) is 22.6 Å². The van der Waals surface area contributed by atoms with Crippen LogP contribution in [0.15, 0.2) is 0 Å². The summed E-state index contributed by atoms with van der Waals surface area (Å²) in [6.07, 6.45) is 8.92. The molecule has 6 heteroatoms. The molecular weight excluding hydrogens is 322 g/mol. The van der Waals surface area contributed by atoms with Crippen molar-refractivity contribution in [2.75, 3.05) is 32.7 Å². The zero-order valence-corrected chi connectivity index (χ0v) is 15.8. The minimum absolute atomic E-state index is 0. The van der Waals surface area contributed by atoms with Crippen LogP contribution in [0.3, 0.4) is 0 Å². The molecule has 2 unspecified atom stereocenters. The van der Waals surface area contributed by atoms with Crippen molar-refractivity contribution in [3.05, 3.63) is 11.6 Å². The second-order valence-corrected chi connectivity index (χ2v) is 8.25. The van der Waals surface area contributed by atoms with Gasteiger partial charge in [0.25, 0.3) is 0 Å². The van der Waals surface area contributed by atoms with Gasteiger partial charge >= 0.3 is 0 Å². The Labute approximate surface area is 152 Å². The first-order valence-electron chi connectivity index (χ1n) is 9.59. The van der Waals surface area contributed by atoms with Crippen molar-refractivity contribution in [2.45, 2.75) is 64.3 Å². The van der Waals surface area contributed by atoms with Crippen molar-refractivity contribution in [1.82, 2.24) is 25.0 Å². The van der Waals surface area contributed by atoms with Crippen LogP contribution in [-0.4, -0.2) is 52.4 Å². The lowest BCUT2D eigenvalue weighted by Gasteiger charge is -2.37. The lowest BCUT2D eigenvalue weighted by Crippen LogP contribution is -2.42. The molecule has 0 bridgehead atoms. The SMILES string of the molecule is CC1(CN2CCCC(c3nnc4n3CCCCC4)C2)CCNC1.Cl. The van der Waals surface area contributed by atoms with Crippen LogP contribution in [0.25, 0.3) is 0 Å². The van der Waals surface area contributed by atoms with Crippen molar-refractivity contribution in [1.29, 1.82) is 0 Å². The third-order valence-corrected chi connectivity index (χ3v) is 6.07. The molecule has 24 heavy (non-hydrogen) atoms. The van der Waals surface area contributed by atoms with Gasteiger partial charge in [0.05, 0.1) is 0 Å². The van der Waals surface area contributed by atoms with Gasteiger partial charge < -0.3 is 14.8 Å². The predicted molar refractivity (Wildman–Crippen MR) is 98.8 cm³/mol. The van der Waals surface area contributed by atoms with Crippen LogP contribution < -0.4 is 5.32 Å². The Kier molecular flexibility index (Phi) is 5.83. The molecule has 1 N–H and O–H groups in total. The van der Waals surface area contributed by atoms with Crippen molar-refractivity contribution >= 4 is 12.4 Å². The van der Waals surface area contributed by atoms with Crippen LogP contribution in [0.5, 0.6) is 0 Å². The molecule has 3 aliphatic heterocycles. The minimum Gasteiger partial charge on any atom is -0.316 e. The molecule has 0 saturated carbocycles. The Morgan fingerprint density at radius 3 is 2.92 bits per heavy atom. The summed E-state index contributed by atoms with van der Waals surface area (Å²) >= 11 is 0. The number of nitrogens with zero attached hydrogens (tertiary/aromatic N) is 4. The van der Waals surface area contributed by atoms with Gasteiger partial charge in [-0.25, -0.2) is 0 Å². The Morgan fingerprint density at radius 1 is 1.17 bits per heavy atom.